The molecule has 192 valence electrons. The van der Waals surface area contributed by atoms with Crippen molar-refractivity contribution in [2.45, 2.75) is 21.6 Å². The van der Waals surface area contributed by atoms with Crippen LogP contribution in [-0.2, 0) is 10.0 Å². The number of anilines is 2. The second kappa shape index (κ2) is 11.3. The number of para-hydroxylation sites is 1. The third kappa shape index (κ3) is 5.66. The maximum Gasteiger partial charge on any atom is 0.265 e. The molecule has 1 heterocycles. The number of nitrogens with one attached hydrogen (secondary N) is 1. The minimum atomic E-state index is -3.74. The van der Waals surface area contributed by atoms with Gasteiger partial charge in [-0.25, -0.2) is 8.42 Å². The third-order valence-electron chi connectivity index (χ3n) is 5.81. The molecule has 1 amide bonds. The van der Waals surface area contributed by atoms with Crippen LogP contribution in [0.4, 0.5) is 11.4 Å². The molecule has 9 heteroatoms. The number of benzene rings is 4. The van der Waals surface area contributed by atoms with Crippen molar-refractivity contribution in [2.75, 3.05) is 16.2 Å². The summed E-state index contributed by atoms with van der Waals surface area (Å²) in [6.45, 7) is 2.08. The van der Waals surface area contributed by atoms with E-state index in [1.165, 1.54) is 15.6 Å². The van der Waals surface area contributed by atoms with Crippen LogP contribution in [-0.4, -0.2) is 20.9 Å². The lowest BCUT2D eigenvalue weighted by Gasteiger charge is -2.23. The van der Waals surface area contributed by atoms with Gasteiger partial charge in [-0.3, -0.25) is 9.10 Å². The normalized spacial score (nSPS) is 11.4. The summed E-state index contributed by atoms with van der Waals surface area (Å²) in [5.41, 5.74) is 1.29. The predicted molar refractivity (Wildman–Crippen MR) is 161 cm³/mol. The number of fused-ring (bicyclic) bond motifs is 1. The highest BCUT2D eigenvalue weighted by Crippen LogP contribution is 2.35. The summed E-state index contributed by atoms with van der Waals surface area (Å²) in [4.78, 5) is 16.0. The molecule has 0 spiro atoms. The van der Waals surface area contributed by atoms with Crippen LogP contribution in [0.15, 0.2) is 122 Å². The van der Waals surface area contributed by atoms with Crippen LogP contribution in [0.2, 0.25) is 0 Å². The van der Waals surface area contributed by atoms with Crippen LogP contribution in [0.5, 0.6) is 0 Å². The quantitative estimate of drug-likeness (QED) is 0.189. The lowest BCUT2D eigenvalue weighted by atomic mass is 10.2. The molecule has 0 aliphatic rings. The van der Waals surface area contributed by atoms with Crippen molar-refractivity contribution in [3.63, 3.8) is 0 Å². The van der Waals surface area contributed by atoms with Gasteiger partial charge in [0.2, 0.25) is 0 Å². The summed E-state index contributed by atoms with van der Waals surface area (Å²) in [6.07, 6.45) is 0. The Bertz CT molecular complexity index is 1700. The summed E-state index contributed by atoms with van der Waals surface area (Å²) >= 11 is 6.32. The Morgan fingerprint density at radius 1 is 0.921 bits per heavy atom. The topological polar surface area (TPSA) is 66.5 Å². The number of amides is 1. The Hall–Kier alpha value is -3.11. The van der Waals surface area contributed by atoms with E-state index in [-0.39, 0.29) is 17.3 Å². The van der Waals surface area contributed by atoms with E-state index in [9.17, 15) is 13.2 Å². The van der Waals surface area contributed by atoms with Crippen LogP contribution < -0.4 is 9.62 Å². The smallest absolute Gasteiger partial charge is 0.265 e. The minimum absolute atomic E-state index is 0.205. The summed E-state index contributed by atoms with van der Waals surface area (Å²) in [6, 6.07) is 31.6. The van der Waals surface area contributed by atoms with Gasteiger partial charge >= 0.3 is 0 Å². The third-order valence-corrected chi connectivity index (χ3v) is 10.5. The van der Waals surface area contributed by atoms with E-state index in [2.05, 4.69) is 21.2 Å². The van der Waals surface area contributed by atoms with Gasteiger partial charge in [-0.1, -0.05) is 58.0 Å². The van der Waals surface area contributed by atoms with Crippen molar-refractivity contribution in [3.05, 3.63) is 112 Å². The van der Waals surface area contributed by atoms with Crippen LogP contribution in [0, 0.1) is 0 Å². The second-order valence-electron chi connectivity index (χ2n) is 8.32. The Labute approximate surface area is 238 Å². The summed E-state index contributed by atoms with van der Waals surface area (Å²) in [7, 11) is -3.74. The fraction of sp³-hybridized carbons (Fsp3) is 0.0690. The van der Waals surface area contributed by atoms with Crippen molar-refractivity contribution in [1.82, 2.24) is 0 Å². The van der Waals surface area contributed by atoms with E-state index in [0.717, 1.165) is 30.0 Å². The first kappa shape index (κ1) is 26.5. The number of rotatable bonds is 8. The molecule has 5 nitrogen and oxygen atoms in total. The molecule has 0 fully saturated rings. The molecule has 0 aliphatic carbocycles. The molecule has 38 heavy (non-hydrogen) atoms. The van der Waals surface area contributed by atoms with Crippen LogP contribution >= 0.6 is 39.0 Å². The molecule has 5 aromatic rings. The van der Waals surface area contributed by atoms with Gasteiger partial charge in [0.1, 0.15) is 0 Å². The number of halogens is 1. The molecule has 0 bridgehead atoms. The summed E-state index contributed by atoms with van der Waals surface area (Å²) < 4.78 is 29.8. The molecular formula is C29H23BrN2O3S3. The Morgan fingerprint density at radius 3 is 2.37 bits per heavy atom. The van der Waals surface area contributed by atoms with E-state index in [4.69, 9.17) is 0 Å². The van der Waals surface area contributed by atoms with Crippen molar-refractivity contribution < 1.29 is 13.2 Å². The fourth-order valence-electron chi connectivity index (χ4n) is 3.98. The zero-order chi connectivity index (χ0) is 26.7. The van der Waals surface area contributed by atoms with Crippen LogP contribution in [0.3, 0.4) is 0 Å². The standard InChI is InChI=1S/C29H23BrN2O3S3/c1-2-32(38(34,35)24-15-12-21(30)13-16-24)22-14-17-26-20(18-22)19-28(37-26)29(33)31-25-10-6-7-11-27(25)36-23-8-4-3-5-9-23/h3-19H,2H2,1H3,(H,31,33). The van der Waals surface area contributed by atoms with E-state index in [0.29, 0.717) is 10.6 Å². The highest BCUT2D eigenvalue weighted by molar-refractivity contribution is 9.10. The zero-order valence-corrected chi connectivity index (χ0v) is 24.3. The van der Waals surface area contributed by atoms with E-state index < -0.39 is 10.0 Å². The Balaban J connectivity index is 1.40. The predicted octanol–water partition coefficient (Wildman–Crippen LogP) is 8.28. The molecule has 1 N–H and O–H groups in total. The summed E-state index contributed by atoms with van der Waals surface area (Å²) in [5, 5.41) is 3.86. The second-order valence-corrected chi connectivity index (χ2v) is 13.3. The zero-order valence-electron chi connectivity index (χ0n) is 20.3. The number of thiophene rings is 1. The van der Waals surface area contributed by atoms with Crippen LogP contribution in [0.25, 0.3) is 10.1 Å². The van der Waals surface area contributed by atoms with Crippen molar-refractivity contribution in [3.8, 4) is 0 Å². The number of nitrogens with zero attached hydrogens (tertiary/aromatic N) is 1. The van der Waals surface area contributed by atoms with E-state index in [1.807, 2.05) is 72.8 Å². The fourth-order valence-corrected chi connectivity index (χ4v) is 7.57. The minimum Gasteiger partial charge on any atom is -0.320 e. The molecule has 4 aromatic carbocycles. The van der Waals surface area contributed by atoms with Gasteiger partial charge in [0.05, 0.1) is 21.1 Å². The first-order valence-electron chi connectivity index (χ1n) is 11.8. The highest BCUT2D eigenvalue weighted by Gasteiger charge is 2.24. The number of sulfonamides is 1. The molecule has 0 aliphatic heterocycles. The van der Waals surface area contributed by atoms with E-state index in [1.54, 1.807) is 49.0 Å². The van der Waals surface area contributed by atoms with Gasteiger partial charge in [0.15, 0.2) is 0 Å². The van der Waals surface area contributed by atoms with Gasteiger partial charge in [0, 0.05) is 25.5 Å². The largest absolute Gasteiger partial charge is 0.320 e. The lowest BCUT2D eigenvalue weighted by molar-refractivity contribution is 0.103. The molecule has 0 atom stereocenters. The van der Waals surface area contributed by atoms with Gasteiger partial charge in [-0.05, 0) is 85.1 Å². The molecule has 0 unspecified atom stereocenters. The first-order valence-corrected chi connectivity index (χ1v) is 15.7. The molecule has 0 saturated heterocycles. The van der Waals surface area contributed by atoms with Crippen LogP contribution in [0.1, 0.15) is 16.6 Å². The summed E-state index contributed by atoms with van der Waals surface area (Å²) in [5.74, 6) is -0.205. The SMILES string of the molecule is CCN(c1ccc2sc(C(=O)Nc3ccccc3Sc3ccccc3)cc2c1)S(=O)(=O)c1ccc(Br)cc1. The average molecular weight is 624 g/mol. The molecule has 1 aromatic heterocycles. The van der Waals surface area contributed by atoms with E-state index >= 15 is 0 Å². The lowest BCUT2D eigenvalue weighted by Crippen LogP contribution is -2.30. The molecule has 0 saturated carbocycles. The molecule has 5 rings (SSSR count). The van der Waals surface area contributed by atoms with Gasteiger partial charge < -0.3 is 5.32 Å². The Kier molecular flexibility index (Phi) is 7.90. The van der Waals surface area contributed by atoms with Crippen molar-refractivity contribution >= 4 is 76.4 Å². The molecular weight excluding hydrogens is 600 g/mol. The van der Waals surface area contributed by atoms with Gasteiger partial charge in [-0.15, -0.1) is 11.3 Å². The number of hydrogen-bond donors (Lipinski definition) is 1. The monoisotopic (exact) mass is 622 g/mol. The molecule has 0 radical (unpaired) electrons. The van der Waals surface area contributed by atoms with Crippen molar-refractivity contribution in [1.29, 1.82) is 0 Å². The highest BCUT2D eigenvalue weighted by atomic mass is 79.9. The van der Waals surface area contributed by atoms with Crippen molar-refractivity contribution in [2.24, 2.45) is 0 Å². The first-order chi connectivity index (χ1) is 18.3. The Morgan fingerprint density at radius 2 is 1.63 bits per heavy atom. The number of carbonyl (C=O) groups is 1. The average Bonchev–Trinajstić information content (AvgIpc) is 3.35. The number of carbonyl (C=O) groups excluding carboxylic acids is 1. The maximum atomic E-state index is 13.3. The van der Waals surface area contributed by atoms with Gasteiger partial charge in [0.25, 0.3) is 15.9 Å². The number of hydrogen-bond acceptors (Lipinski definition) is 5. The maximum absolute atomic E-state index is 13.3. The van der Waals surface area contributed by atoms with Gasteiger partial charge in [-0.2, -0.15) is 0 Å².